The fraction of sp³-hybridized carbons (Fsp3) is 0.714. The van der Waals surface area contributed by atoms with Gasteiger partial charge < -0.3 is 9.42 Å². The maximum absolute atomic E-state index is 12.2. The molecule has 0 atom stereocenters. The molecule has 1 N–H and O–H groups in total. The molecule has 7 nitrogen and oxygen atoms in total. The van der Waals surface area contributed by atoms with Crippen LogP contribution in [0.25, 0.3) is 0 Å². The second kappa shape index (κ2) is 6.00. The number of carbonyl (C=O) groups is 1. The van der Waals surface area contributed by atoms with Gasteiger partial charge in [-0.05, 0) is 19.8 Å². The summed E-state index contributed by atoms with van der Waals surface area (Å²) in [5.74, 6) is 0.549. The van der Waals surface area contributed by atoms with Crippen LogP contribution in [0.4, 0.5) is 0 Å². The van der Waals surface area contributed by atoms with E-state index in [1.54, 1.807) is 17.9 Å². The van der Waals surface area contributed by atoms with E-state index >= 15 is 0 Å². The fourth-order valence-electron chi connectivity index (χ4n) is 2.98. The van der Waals surface area contributed by atoms with Crippen LogP contribution >= 0.6 is 0 Å². The first-order valence-electron chi connectivity index (χ1n) is 7.65. The summed E-state index contributed by atoms with van der Waals surface area (Å²) >= 11 is 0. The lowest BCUT2D eigenvalue weighted by atomic mass is 10.1. The number of sulfonamides is 1. The minimum absolute atomic E-state index is 0.0767. The molecule has 122 valence electrons. The third-order valence-corrected chi connectivity index (χ3v) is 6.17. The molecular weight excluding hydrogens is 306 g/mol. The van der Waals surface area contributed by atoms with Crippen molar-refractivity contribution in [2.45, 2.75) is 50.3 Å². The standard InChI is InChI=1S/C14H21N3O4S/c1-10-6-12(15-21-10)7-14(18)17-8-13(9-17)22(19,20)16-11-4-2-3-5-11/h6,11,13,16H,2-5,7-9H2,1H3. The van der Waals surface area contributed by atoms with Crippen LogP contribution in [0.5, 0.6) is 0 Å². The van der Waals surface area contributed by atoms with E-state index in [9.17, 15) is 13.2 Å². The molecular formula is C14H21N3O4S. The smallest absolute Gasteiger partial charge is 0.228 e. The summed E-state index contributed by atoms with van der Waals surface area (Å²) in [6, 6.07) is 1.79. The number of carbonyl (C=O) groups excluding carboxylic acids is 1. The topological polar surface area (TPSA) is 92.5 Å². The van der Waals surface area contributed by atoms with Crippen LogP contribution in [-0.4, -0.2) is 48.8 Å². The maximum atomic E-state index is 12.2. The Morgan fingerprint density at radius 1 is 1.41 bits per heavy atom. The van der Waals surface area contributed by atoms with E-state index in [0.29, 0.717) is 11.5 Å². The third kappa shape index (κ3) is 3.33. The van der Waals surface area contributed by atoms with Gasteiger partial charge in [0, 0.05) is 25.2 Å². The molecule has 1 aromatic heterocycles. The summed E-state index contributed by atoms with van der Waals surface area (Å²) in [5, 5.41) is 3.29. The first-order valence-corrected chi connectivity index (χ1v) is 9.20. The molecule has 0 radical (unpaired) electrons. The Kier molecular flexibility index (Phi) is 4.22. The molecule has 1 saturated heterocycles. The fourth-order valence-corrected chi connectivity index (χ4v) is 4.62. The van der Waals surface area contributed by atoms with Crippen molar-refractivity contribution in [2.24, 2.45) is 0 Å². The largest absolute Gasteiger partial charge is 0.361 e. The zero-order valence-corrected chi connectivity index (χ0v) is 13.4. The van der Waals surface area contributed by atoms with Crippen LogP contribution in [0, 0.1) is 6.92 Å². The van der Waals surface area contributed by atoms with Gasteiger partial charge in [0.05, 0.1) is 12.1 Å². The van der Waals surface area contributed by atoms with E-state index in [-0.39, 0.29) is 31.5 Å². The van der Waals surface area contributed by atoms with E-state index in [1.165, 1.54) is 0 Å². The van der Waals surface area contributed by atoms with Gasteiger partial charge in [-0.15, -0.1) is 0 Å². The minimum Gasteiger partial charge on any atom is -0.361 e. The van der Waals surface area contributed by atoms with Gasteiger partial charge in [-0.2, -0.15) is 0 Å². The number of aryl methyl sites for hydroxylation is 1. The Morgan fingerprint density at radius 2 is 2.09 bits per heavy atom. The molecule has 0 aromatic carbocycles. The summed E-state index contributed by atoms with van der Waals surface area (Å²) in [6.07, 6.45) is 4.15. The average Bonchev–Trinajstić information content (AvgIpc) is 2.98. The molecule has 0 spiro atoms. The van der Waals surface area contributed by atoms with E-state index < -0.39 is 15.3 Å². The molecule has 2 aliphatic rings. The van der Waals surface area contributed by atoms with Gasteiger partial charge in [0.1, 0.15) is 11.0 Å². The molecule has 3 rings (SSSR count). The zero-order valence-electron chi connectivity index (χ0n) is 12.6. The number of nitrogens with one attached hydrogen (secondary N) is 1. The lowest BCUT2D eigenvalue weighted by molar-refractivity contribution is -0.133. The van der Waals surface area contributed by atoms with Crippen LogP contribution in [0.2, 0.25) is 0 Å². The first-order chi connectivity index (χ1) is 10.4. The molecule has 1 saturated carbocycles. The molecule has 2 fully saturated rings. The van der Waals surface area contributed by atoms with Gasteiger partial charge in [-0.3, -0.25) is 4.79 Å². The van der Waals surface area contributed by atoms with Crippen molar-refractivity contribution in [3.63, 3.8) is 0 Å². The lowest BCUT2D eigenvalue weighted by Gasteiger charge is -2.39. The van der Waals surface area contributed by atoms with Gasteiger partial charge in [0.15, 0.2) is 0 Å². The lowest BCUT2D eigenvalue weighted by Crippen LogP contribution is -2.60. The van der Waals surface area contributed by atoms with Crippen molar-refractivity contribution in [2.75, 3.05) is 13.1 Å². The Bertz CT molecular complexity index is 643. The van der Waals surface area contributed by atoms with E-state index in [2.05, 4.69) is 9.88 Å². The summed E-state index contributed by atoms with van der Waals surface area (Å²) in [5.41, 5.74) is 0.581. The monoisotopic (exact) mass is 327 g/mol. The molecule has 0 bridgehead atoms. The summed E-state index contributed by atoms with van der Waals surface area (Å²) in [4.78, 5) is 13.6. The van der Waals surface area contributed by atoms with E-state index in [4.69, 9.17) is 4.52 Å². The second-order valence-corrected chi connectivity index (χ2v) is 8.16. The highest BCUT2D eigenvalue weighted by atomic mass is 32.2. The van der Waals surface area contributed by atoms with Gasteiger partial charge in [-0.25, -0.2) is 13.1 Å². The van der Waals surface area contributed by atoms with Gasteiger partial charge >= 0.3 is 0 Å². The maximum Gasteiger partial charge on any atom is 0.228 e. The SMILES string of the molecule is Cc1cc(CC(=O)N2CC(S(=O)(=O)NC3CCCC3)C2)no1. The number of aromatic nitrogens is 1. The van der Waals surface area contributed by atoms with Gasteiger partial charge in [0.25, 0.3) is 0 Å². The van der Waals surface area contributed by atoms with Crippen molar-refractivity contribution in [1.29, 1.82) is 0 Å². The van der Waals surface area contributed by atoms with Crippen molar-refractivity contribution in [3.05, 3.63) is 17.5 Å². The van der Waals surface area contributed by atoms with Crippen molar-refractivity contribution >= 4 is 15.9 Å². The molecule has 22 heavy (non-hydrogen) atoms. The molecule has 1 aromatic rings. The summed E-state index contributed by atoms with van der Waals surface area (Å²) in [7, 11) is -3.32. The second-order valence-electron chi connectivity index (χ2n) is 6.17. The number of amides is 1. The Hall–Kier alpha value is -1.41. The summed E-state index contributed by atoms with van der Waals surface area (Å²) in [6.45, 7) is 2.29. The van der Waals surface area contributed by atoms with E-state index in [1.807, 2.05) is 0 Å². The van der Waals surface area contributed by atoms with Crippen LogP contribution in [0.15, 0.2) is 10.6 Å². The van der Waals surface area contributed by atoms with Crippen molar-refractivity contribution in [3.8, 4) is 0 Å². The third-order valence-electron chi connectivity index (χ3n) is 4.33. The van der Waals surface area contributed by atoms with Crippen LogP contribution in [0.3, 0.4) is 0 Å². The number of likely N-dealkylation sites (tertiary alicyclic amines) is 1. The number of nitrogens with zero attached hydrogens (tertiary/aromatic N) is 2. The number of hydrogen-bond donors (Lipinski definition) is 1. The predicted molar refractivity (Wildman–Crippen MR) is 79.6 cm³/mol. The highest BCUT2D eigenvalue weighted by Crippen LogP contribution is 2.22. The number of rotatable bonds is 5. The van der Waals surface area contributed by atoms with Crippen molar-refractivity contribution in [1.82, 2.24) is 14.8 Å². The van der Waals surface area contributed by atoms with Gasteiger partial charge in [0.2, 0.25) is 15.9 Å². The van der Waals surface area contributed by atoms with Crippen molar-refractivity contribution < 1.29 is 17.7 Å². The molecule has 8 heteroatoms. The average molecular weight is 327 g/mol. The highest BCUT2D eigenvalue weighted by Gasteiger charge is 2.40. The molecule has 2 heterocycles. The van der Waals surface area contributed by atoms with Gasteiger partial charge in [-0.1, -0.05) is 18.0 Å². The zero-order chi connectivity index (χ0) is 15.7. The predicted octanol–water partition coefficient (Wildman–Crippen LogP) is 0.598. The first kappa shape index (κ1) is 15.5. The quantitative estimate of drug-likeness (QED) is 0.855. The highest BCUT2D eigenvalue weighted by molar-refractivity contribution is 7.90. The Labute approximate surface area is 130 Å². The summed E-state index contributed by atoms with van der Waals surface area (Å²) < 4.78 is 32.1. The van der Waals surface area contributed by atoms with Crippen LogP contribution < -0.4 is 4.72 Å². The van der Waals surface area contributed by atoms with E-state index in [0.717, 1.165) is 25.7 Å². The normalized spacial score (nSPS) is 20.3. The molecule has 0 unspecified atom stereocenters. The molecule has 1 amide bonds. The molecule has 1 aliphatic carbocycles. The molecule has 1 aliphatic heterocycles. The minimum atomic E-state index is -3.32. The number of hydrogen-bond acceptors (Lipinski definition) is 5. The van der Waals surface area contributed by atoms with Crippen LogP contribution in [0.1, 0.15) is 37.1 Å². The Balaban J connectivity index is 1.49. The van der Waals surface area contributed by atoms with Crippen LogP contribution in [-0.2, 0) is 21.2 Å². The Morgan fingerprint density at radius 3 is 2.68 bits per heavy atom.